The van der Waals surface area contributed by atoms with Crippen molar-refractivity contribution in [2.75, 3.05) is 31.1 Å². The van der Waals surface area contributed by atoms with Crippen molar-refractivity contribution in [2.45, 2.75) is 49.6 Å². The molecule has 0 aliphatic carbocycles. The van der Waals surface area contributed by atoms with Crippen LogP contribution in [0.4, 0.5) is 45.5 Å². The summed E-state index contributed by atoms with van der Waals surface area (Å²) in [5.41, 5.74) is -2.90. The molecule has 1 amide bonds. The molecule has 2 aliphatic rings. The highest BCUT2D eigenvalue weighted by Crippen LogP contribution is 2.35. The Morgan fingerprint density at radius 2 is 1.37 bits per heavy atom. The summed E-state index contributed by atoms with van der Waals surface area (Å²) in [4.78, 5) is 30.9. The molecule has 1 unspecified atom stereocenters. The Bertz CT molecular complexity index is 1250. The molecule has 0 bridgehead atoms. The molecule has 1 aromatic heterocycles. The van der Waals surface area contributed by atoms with Crippen LogP contribution < -0.4 is 10.2 Å². The molecule has 2 atom stereocenters. The molecule has 1 aromatic carbocycles. The number of aliphatic hydroxyl groups is 1. The van der Waals surface area contributed by atoms with Gasteiger partial charge in [0.1, 0.15) is 0 Å². The van der Waals surface area contributed by atoms with E-state index in [0.29, 0.717) is 36.5 Å². The van der Waals surface area contributed by atoms with E-state index < -0.39 is 54.0 Å². The van der Waals surface area contributed by atoms with Crippen LogP contribution in [-0.4, -0.2) is 87.5 Å². The Kier molecular flexibility index (Phi) is 10.4. The van der Waals surface area contributed by atoms with Crippen LogP contribution in [0.3, 0.4) is 0 Å². The lowest BCUT2D eigenvalue weighted by molar-refractivity contribution is -0.192. The number of likely N-dealkylation sites (tertiary alicyclic amines) is 1. The summed E-state index contributed by atoms with van der Waals surface area (Å²) in [6, 6.07) is 5.67. The smallest absolute Gasteiger partial charge is 0.475 e. The van der Waals surface area contributed by atoms with Crippen LogP contribution in [0.5, 0.6) is 0 Å². The van der Waals surface area contributed by atoms with E-state index in [1.807, 2.05) is 0 Å². The summed E-state index contributed by atoms with van der Waals surface area (Å²) in [5.74, 6) is -3.64. The van der Waals surface area contributed by atoms with Gasteiger partial charge < -0.3 is 25.3 Å². The number of benzene rings is 1. The van der Waals surface area contributed by atoms with Crippen LogP contribution in [0.15, 0.2) is 30.3 Å². The van der Waals surface area contributed by atoms with Crippen molar-refractivity contribution in [1.82, 2.24) is 20.2 Å². The summed E-state index contributed by atoms with van der Waals surface area (Å²) in [7, 11) is 0. The SMILES string of the molecule is O=C(O)C(F)(F)F.O=C(c1ccc(Cl)cc1)N1CCC(NC2CN(c3nc(C(F)(F)F)cc(C(F)(F)F)n3)C[C@H]2O)CC1. The number of β-amino-alcohol motifs (C(OH)–C–C–N with tert-alkyl or cyclic N) is 1. The van der Waals surface area contributed by atoms with Gasteiger partial charge in [0.15, 0.2) is 11.4 Å². The zero-order valence-corrected chi connectivity index (χ0v) is 22.4. The number of hydrogen-bond donors (Lipinski definition) is 3. The number of rotatable bonds is 4. The van der Waals surface area contributed by atoms with E-state index in [4.69, 9.17) is 21.5 Å². The molecular weight excluding hydrogens is 629 g/mol. The molecule has 2 aliphatic heterocycles. The van der Waals surface area contributed by atoms with E-state index in [1.165, 1.54) is 0 Å². The molecule has 3 N–H and O–H groups in total. The van der Waals surface area contributed by atoms with Gasteiger partial charge in [-0.25, -0.2) is 14.8 Å². The van der Waals surface area contributed by atoms with Crippen molar-refractivity contribution in [3.05, 3.63) is 52.3 Å². The second-order valence-corrected chi connectivity index (χ2v) is 9.99. The maximum atomic E-state index is 13.1. The number of piperidine rings is 1. The quantitative estimate of drug-likeness (QED) is 0.421. The molecule has 238 valence electrons. The van der Waals surface area contributed by atoms with Gasteiger partial charge in [0.2, 0.25) is 5.95 Å². The number of nitrogens with zero attached hydrogens (tertiary/aromatic N) is 4. The van der Waals surface area contributed by atoms with Crippen LogP contribution in [0.25, 0.3) is 0 Å². The van der Waals surface area contributed by atoms with Crippen molar-refractivity contribution < 1.29 is 59.3 Å². The number of carbonyl (C=O) groups excluding carboxylic acids is 1. The molecule has 43 heavy (non-hydrogen) atoms. The number of anilines is 1. The van der Waals surface area contributed by atoms with Crippen molar-refractivity contribution in [3.63, 3.8) is 0 Å². The highest BCUT2D eigenvalue weighted by Gasteiger charge is 2.42. The highest BCUT2D eigenvalue weighted by atomic mass is 35.5. The predicted octanol–water partition coefficient (Wildman–Crippen LogP) is 4.24. The number of aliphatic carboxylic acids is 1. The number of carboxylic acid groups (broad SMARTS) is 1. The van der Waals surface area contributed by atoms with Crippen LogP contribution in [-0.2, 0) is 17.1 Å². The van der Waals surface area contributed by atoms with Gasteiger partial charge >= 0.3 is 24.5 Å². The Morgan fingerprint density at radius 1 is 0.884 bits per heavy atom. The van der Waals surface area contributed by atoms with E-state index in [0.717, 1.165) is 4.90 Å². The molecule has 3 heterocycles. The fourth-order valence-electron chi connectivity index (χ4n) is 4.31. The normalized spacial score (nSPS) is 20.1. The number of carboxylic acids is 1. The van der Waals surface area contributed by atoms with E-state index in [9.17, 15) is 49.4 Å². The summed E-state index contributed by atoms with van der Waals surface area (Å²) < 4.78 is 111. The molecule has 0 saturated carbocycles. The molecule has 2 aromatic rings. The van der Waals surface area contributed by atoms with Gasteiger partial charge in [0.25, 0.3) is 5.91 Å². The third-order valence-electron chi connectivity index (χ3n) is 6.43. The van der Waals surface area contributed by atoms with E-state index in [2.05, 4.69) is 15.3 Å². The minimum absolute atomic E-state index is 0.0797. The predicted molar refractivity (Wildman–Crippen MR) is 131 cm³/mol. The molecule has 4 rings (SSSR count). The first kappa shape index (κ1) is 34.1. The van der Waals surface area contributed by atoms with Gasteiger partial charge in [-0.05, 0) is 43.2 Å². The molecule has 0 radical (unpaired) electrons. The number of aromatic nitrogens is 2. The van der Waals surface area contributed by atoms with Crippen LogP contribution in [0.2, 0.25) is 5.02 Å². The van der Waals surface area contributed by atoms with Gasteiger partial charge in [-0.15, -0.1) is 0 Å². The number of halogens is 10. The fourth-order valence-corrected chi connectivity index (χ4v) is 4.43. The number of carbonyl (C=O) groups is 2. The molecule has 0 spiro atoms. The summed E-state index contributed by atoms with van der Waals surface area (Å²) >= 11 is 5.85. The zero-order chi connectivity index (χ0) is 32.3. The summed E-state index contributed by atoms with van der Waals surface area (Å²) in [5, 5.41) is 21.3. The van der Waals surface area contributed by atoms with Crippen LogP contribution in [0, 0.1) is 0 Å². The Morgan fingerprint density at radius 3 is 1.81 bits per heavy atom. The lowest BCUT2D eigenvalue weighted by Crippen LogP contribution is -2.50. The Labute approximate surface area is 242 Å². The number of nitrogens with one attached hydrogen (secondary N) is 1. The number of amides is 1. The van der Waals surface area contributed by atoms with E-state index >= 15 is 0 Å². The molecule has 9 nitrogen and oxygen atoms in total. The zero-order valence-electron chi connectivity index (χ0n) is 21.6. The number of hydrogen-bond acceptors (Lipinski definition) is 7. The Hall–Kier alpha value is -3.38. The first-order chi connectivity index (χ1) is 19.8. The molecular formula is C24H23ClF9N5O4. The van der Waals surface area contributed by atoms with E-state index in [1.54, 1.807) is 29.2 Å². The van der Waals surface area contributed by atoms with Gasteiger partial charge in [0, 0.05) is 42.8 Å². The molecule has 2 saturated heterocycles. The first-order valence-corrected chi connectivity index (χ1v) is 12.7. The van der Waals surface area contributed by atoms with Gasteiger partial charge in [-0.1, -0.05) is 11.6 Å². The minimum Gasteiger partial charge on any atom is -0.475 e. The van der Waals surface area contributed by atoms with Crippen LogP contribution >= 0.6 is 11.6 Å². The molecule has 2 fully saturated rings. The van der Waals surface area contributed by atoms with Gasteiger partial charge in [-0.2, -0.15) is 39.5 Å². The third-order valence-corrected chi connectivity index (χ3v) is 6.68. The average molecular weight is 652 g/mol. The average Bonchev–Trinajstić information content (AvgIpc) is 3.27. The summed E-state index contributed by atoms with van der Waals surface area (Å²) in [6.07, 6.45) is -15.2. The number of alkyl halides is 9. The van der Waals surface area contributed by atoms with Crippen molar-refractivity contribution in [3.8, 4) is 0 Å². The number of aliphatic hydroxyl groups excluding tert-OH is 1. The maximum absolute atomic E-state index is 13.1. The summed E-state index contributed by atoms with van der Waals surface area (Å²) in [6.45, 7) is 0.572. The highest BCUT2D eigenvalue weighted by molar-refractivity contribution is 6.30. The second-order valence-electron chi connectivity index (χ2n) is 9.56. The van der Waals surface area contributed by atoms with Crippen molar-refractivity contribution in [2.24, 2.45) is 0 Å². The third kappa shape index (κ3) is 9.30. The maximum Gasteiger partial charge on any atom is 0.490 e. The minimum atomic E-state index is -5.09. The standard InChI is InChI=1S/C22H22ClF6N5O2.C2HF3O2/c23-13-3-1-12(2-4-13)19(36)33-7-5-14(6-8-33)30-15-10-34(11-16(15)35)20-31-17(21(24,25)26)9-18(32-20)22(27,28)29;3-2(4,5)1(6)7/h1-4,9,14-16,30,35H,5-8,10-11H2;(H,6,7)/t15?,16-;/m1./s1. The second kappa shape index (κ2) is 13.1. The van der Waals surface area contributed by atoms with Crippen LogP contribution in [0.1, 0.15) is 34.6 Å². The largest absolute Gasteiger partial charge is 0.490 e. The van der Waals surface area contributed by atoms with Crippen molar-refractivity contribution in [1.29, 1.82) is 0 Å². The Balaban J connectivity index is 0.000000646. The first-order valence-electron chi connectivity index (χ1n) is 12.3. The van der Waals surface area contributed by atoms with Crippen molar-refractivity contribution >= 4 is 29.4 Å². The lowest BCUT2D eigenvalue weighted by atomic mass is 10.0. The van der Waals surface area contributed by atoms with Gasteiger partial charge in [-0.3, -0.25) is 4.79 Å². The van der Waals surface area contributed by atoms with E-state index in [-0.39, 0.29) is 31.1 Å². The van der Waals surface area contributed by atoms with Gasteiger partial charge in [0.05, 0.1) is 12.1 Å². The topological polar surface area (TPSA) is 119 Å². The fraction of sp³-hybridized carbons (Fsp3) is 0.500. The monoisotopic (exact) mass is 651 g/mol. The molecule has 19 heteroatoms. The lowest BCUT2D eigenvalue weighted by Gasteiger charge is -2.34.